The molecule has 1 fully saturated rings. The Morgan fingerprint density at radius 1 is 1.38 bits per heavy atom. The number of carbonyl (C=O) groups excluding carboxylic acids is 1. The van der Waals surface area contributed by atoms with Crippen molar-refractivity contribution in [2.45, 2.75) is 6.42 Å². The number of nitrogens with zero attached hydrogens (tertiary/aromatic N) is 5. The van der Waals surface area contributed by atoms with Gasteiger partial charge < -0.3 is 14.0 Å². The number of H-pyrrole nitrogens is 1. The third-order valence-corrected chi connectivity index (χ3v) is 4.19. The molecule has 1 N–H and O–H groups in total. The summed E-state index contributed by atoms with van der Waals surface area (Å²) in [6.07, 6.45) is 9.73. The number of aromatic amines is 1. The normalized spacial score (nSPS) is 18.7. The molecular formula is C16H18N6O2. The van der Waals surface area contributed by atoms with Gasteiger partial charge in [-0.1, -0.05) is 0 Å². The third-order valence-electron chi connectivity index (χ3n) is 4.19. The first-order valence-electron chi connectivity index (χ1n) is 7.93. The topological polar surface area (TPSA) is 88.4 Å². The van der Waals surface area contributed by atoms with Crippen LogP contribution in [-0.2, 0) is 11.2 Å². The number of fused-ring (bicyclic) bond motifs is 1. The number of carbonyl (C=O) groups is 1. The fourth-order valence-corrected chi connectivity index (χ4v) is 3.00. The summed E-state index contributed by atoms with van der Waals surface area (Å²) in [5.74, 6) is 0.161. The Labute approximate surface area is 138 Å². The van der Waals surface area contributed by atoms with Crippen LogP contribution < -0.4 is 0 Å². The molecule has 1 saturated heterocycles. The molecule has 8 nitrogen and oxygen atoms in total. The largest absolute Gasteiger partial charge is 0.379 e. The zero-order valence-corrected chi connectivity index (χ0v) is 13.1. The number of hydrogen-bond acceptors (Lipinski definition) is 5. The second kappa shape index (κ2) is 6.40. The summed E-state index contributed by atoms with van der Waals surface area (Å²) >= 11 is 0. The molecule has 0 unspecified atom stereocenters. The number of rotatable bonds is 3. The predicted octanol–water partition coefficient (Wildman–Crippen LogP) is 0.784. The van der Waals surface area contributed by atoms with Crippen LogP contribution in [0.2, 0.25) is 0 Å². The molecule has 4 heterocycles. The molecule has 4 rings (SSSR count). The molecule has 0 saturated carbocycles. The van der Waals surface area contributed by atoms with Crippen LogP contribution in [0.4, 0.5) is 0 Å². The van der Waals surface area contributed by atoms with E-state index in [0.29, 0.717) is 32.0 Å². The molecule has 1 amide bonds. The van der Waals surface area contributed by atoms with Crippen molar-refractivity contribution >= 4 is 11.6 Å². The van der Waals surface area contributed by atoms with Crippen LogP contribution in [0.1, 0.15) is 16.2 Å². The SMILES string of the molecule is O=C(c1ccn[nH]1)N1CCOC[C@@H](Cc2cn3ccnc3cn2)C1. The van der Waals surface area contributed by atoms with Crippen molar-refractivity contribution in [1.29, 1.82) is 0 Å². The number of hydrogen-bond donors (Lipinski definition) is 1. The van der Waals surface area contributed by atoms with E-state index in [9.17, 15) is 4.79 Å². The lowest BCUT2D eigenvalue weighted by Crippen LogP contribution is -2.36. The minimum absolute atomic E-state index is 0.0407. The molecular weight excluding hydrogens is 308 g/mol. The Bertz CT molecular complexity index is 828. The van der Waals surface area contributed by atoms with Crippen LogP contribution >= 0.6 is 0 Å². The highest BCUT2D eigenvalue weighted by Crippen LogP contribution is 2.15. The van der Waals surface area contributed by atoms with Crippen molar-refractivity contribution in [3.63, 3.8) is 0 Å². The van der Waals surface area contributed by atoms with Crippen molar-refractivity contribution in [2.75, 3.05) is 26.3 Å². The maximum Gasteiger partial charge on any atom is 0.271 e. The van der Waals surface area contributed by atoms with E-state index in [-0.39, 0.29) is 11.8 Å². The number of amides is 1. The lowest BCUT2D eigenvalue weighted by Gasteiger charge is -2.22. The van der Waals surface area contributed by atoms with Crippen LogP contribution in [0.15, 0.2) is 37.1 Å². The van der Waals surface area contributed by atoms with Gasteiger partial charge in [0.25, 0.3) is 5.91 Å². The average Bonchev–Trinajstić information content (AvgIpc) is 3.23. The molecule has 3 aromatic rings. The summed E-state index contributed by atoms with van der Waals surface area (Å²) in [6, 6.07) is 1.69. The lowest BCUT2D eigenvalue weighted by molar-refractivity contribution is 0.0731. The van der Waals surface area contributed by atoms with Gasteiger partial charge in [-0.15, -0.1) is 0 Å². The molecule has 0 bridgehead atoms. The molecule has 0 spiro atoms. The summed E-state index contributed by atoms with van der Waals surface area (Å²) in [6.45, 7) is 2.39. The first kappa shape index (κ1) is 14.8. The van der Waals surface area contributed by atoms with Crippen molar-refractivity contribution in [3.05, 3.63) is 48.4 Å². The highest BCUT2D eigenvalue weighted by molar-refractivity contribution is 5.92. The Balaban J connectivity index is 1.48. The van der Waals surface area contributed by atoms with Crippen LogP contribution in [0.3, 0.4) is 0 Å². The van der Waals surface area contributed by atoms with Gasteiger partial charge in [0.15, 0.2) is 5.65 Å². The van der Waals surface area contributed by atoms with E-state index in [4.69, 9.17) is 4.74 Å². The zero-order chi connectivity index (χ0) is 16.4. The number of aromatic nitrogens is 5. The van der Waals surface area contributed by atoms with Crippen molar-refractivity contribution < 1.29 is 9.53 Å². The standard InChI is InChI=1S/C16H18N6O2/c23-16(14-1-2-19-20-14)22-5-6-24-11-12(9-22)7-13-10-21-4-3-17-15(21)8-18-13/h1-4,8,10,12H,5-7,9,11H2,(H,19,20)/t12-/m0/s1. The number of ether oxygens (including phenoxy) is 1. The monoisotopic (exact) mass is 326 g/mol. The van der Waals surface area contributed by atoms with E-state index in [1.54, 1.807) is 24.7 Å². The van der Waals surface area contributed by atoms with Gasteiger partial charge in [0.1, 0.15) is 5.69 Å². The van der Waals surface area contributed by atoms with Gasteiger partial charge in [0.2, 0.25) is 0 Å². The highest BCUT2D eigenvalue weighted by Gasteiger charge is 2.24. The molecule has 0 aliphatic carbocycles. The van der Waals surface area contributed by atoms with Crippen LogP contribution in [-0.4, -0.2) is 61.7 Å². The number of nitrogens with one attached hydrogen (secondary N) is 1. The second-order valence-corrected chi connectivity index (χ2v) is 5.94. The molecule has 0 radical (unpaired) electrons. The first-order valence-corrected chi connectivity index (χ1v) is 7.93. The molecule has 24 heavy (non-hydrogen) atoms. The summed E-state index contributed by atoms with van der Waals surface area (Å²) in [4.78, 5) is 23.0. The van der Waals surface area contributed by atoms with Gasteiger partial charge in [-0.3, -0.25) is 14.9 Å². The van der Waals surface area contributed by atoms with E-state index in [1.807, 2.05) is 21.7 Å². The minimum atomic E-state index is -0.0407. The number of imidazole rings is 1. The fraction of sp³-hybridized carbons (Fsp3) is 0.375. The van der Waals surface area contributed by atoms with Gasteiger partial charge in [-0.05, 0) is 12.5 Å². The van der Waals surface area contributed by atoms with E-state index >= 15 is 0 Å². The maximum atomic E-state index is 12.5. The van der Waals surface area contributed by atoms with Crippen molar-refractivity contribution in [2.24, 2.45) is 5.92 Å². The first-order chi connectivity index (χ1) is 11.8. The molecule has 1 aliphatic heterocycles. The van der Waals surface area contributed by atoms with E-state index in [1.165, 1.54) is 0 Å². The van der Waals surface area contributed by atoms with Crippen LogP contribution in [0.25, 0.3) is 5.65 Å². The van der Waals surface area contributed by atoms with Crippen LogP contribution in [0, 0.1) is 5.92 Å². The molecule has 1 aliphatic rings. The van der Waals surface area contributed by atoms with Gasteiger partial charge >= 0.3 is 0 Å². The third kappa shape index (κ3) is 3.00. The van der Waals surface area contributed by atoms with Crippen LogP contribution in [0.5, 0.6) is 0 Å². The molecule has 3 aromatic heterocycles. The Morgan fingerprint density at radius 3 is 3.21 bits per heavy atom. The molecule has 124 valence electrons. The molecule has 1 atom stereocenters. The zero-order valence-electron chi connectivity index (χ0n) is 13.1. The van der Waals surface area contributed by atoms with Gasteiger partial charge in [0.05, 0.1) is 25.1 Å². The summed E-state index contributed by atoms with van der Waals surface area (Å²) in [5.41, 5.74) is 2.30. The quantitative estimate of drug-likeness (QED) is 0.768. The van der Waals surface area contributed by atoms with E-state index < -0.39 is 0 Å². The summed E-state index contributed by atoms with van der Waals surface area (Å²) in [7, 11) is 0. The highest BCUT2D eigenvalue weighted by atomic mass is 16.5. The Hall–Kier alpha value is -2.74. The molecule has 0 aromatic carbocycles. The lowest BCUT2D eigenvalue weighted by atomic mass is 10.0. The van der Waals surface area contributed by atoms with Gasteiger partial charge in [-0.25, -0.2) is 4.98 Å². The Kier molecular flexibility index (Phi) is 3.96. The molecule has 8 heteroatoms. The van der Waals surface area contributed by atoms with E-state index in [2.05, 4.69) is 20.2 Å². The Morgan fingerprint density at radius 2 is 2.33 bits per heavy atom. The predicted molar refractivity (Wildman–Crippen MR) is 85.5 cm³/mol. The average molecular weight is 326 g/mol. The van der Waals surface area contributed by atoms with Crippen molar-refractivity contribution in [1.82, 2.24) is 29.5 Å². The minimum Gasteiger partial charge on any atom is -0.379 e. The van der Waals surface area contributed by atoms with Gasteiger partial charge in [0, 0.05) is 43.8 Å². The van der Waals surface area contributed by atoms with E-state index in [0.717, 1.165) is 17.8 Å². The van der Waals surface area contributed by atoms with Gasteiger partial charge in [-0.2, -0.15) is 5.10 Å². The maximum absolute atomic E-state index is 12.5. The summed E-state index contributed by atoms with van der Waals surface area (Å²) < 4.78 is 7.63. The second-order valence-electron chi connectivity index (χ2n) is 5.94. The summed E-state index contributed by atoms with van der Waals surface area (Å²) in [5, 5.41) is 6.58. The fourth-order valence-electron chi connectivity index (χ4n) is 3.00. The van der Waals surface area contributed by atoms with Crippen molar-refractivity contribution in [3.8, 4) is 0 Å². The smallest absolute Gasteiger partial charge is 0.271 e.